The molecular formula is C23H36N3O+. The SMILES string of the molecule is Cc1cccc(N2CCN(C(=O)C[NH+]3CCC[C@H]4CCCC[C@@H]43)CC2)c1C. The van der Waals surface area contributed by atoms with Crippen molar-refractivity contribution in [3.05, 3.63) is 29.3 Å². The molecule has 0 spiro atoms. The third-order valence-corrected chi connectivity index (χ3v) is 7.43. The van der Waals surface area contributed by atoms with Gasteiger partial charge in [-0.05, 0) is 63.1 Å². The van der Waals surface area contributed by atoms with Crippen LogP contribution in [0.2, 0.25) is 0 Å². The minimum atomic E-state index is 0.386. The Morgan fingerprint density at radius 1 is 1.04 bits per heavy atom. The normalized spacial score (nSPS) is 28.7. The molecule has 0 bridgehead atoms. The maximum atomic E-state index is 13.0. The highest BCUT2D eigenvalue weighted by Gasteiger charge is 2.38. The van der Waals surface area contributed by atoms with E-state index in [1.807, 2.05) is 0 Å². The lowest BCUT2D eigenvalue weighted by atomic mass is 9.78. The van der Waals surface area contributed by atoms with Crippen LogP contribution in [0.5, 0.6) is 0 Å². The topological polar surface area (TPSA) is 28.0 Å². The molecule has 3 aliphatic rings. The smallest absolute Gasteiger partial charge is 0.277 e. The highest BCUT2D eigenvalue weighted by Crippen LogP contribution is 2.28. The summed E-state index contributed by atoms with van der Waals surface area (Å²) in [6, 6.07) is 7.31. The van der Waals surface area contributed by atoms with Crippen molar-refractivity contribution in [2.24, 2.45) is 5.92 Å². The van der Waals surface area contributed by atoms with Gasteiger partial charge in [0.15, 0.2) is 6.54 Å². The number of amides is 1. The van der Waals surface area contributed by atoms with E-state index in [4.69, 9.17) is 0 Å². The van der Waals surface area contributed by atoms with Crippen LogP contribution < -0.4 is 9.80 Å². The molecule has 1 aromatic carbocycles. The third kappa shape index (κ3) is 4.01. The molecule has 27 heavy (non-hydrogen) atoms. The largest absolute Gasteiger partial charge is 0.368 e. The second kappa shape index (κ2) is 8.22. The number of likely N-dealkylation sites (tertiary alicyclic amines) is 1. The highest BCUT2D eigenvalue weighted by molar-refractivity contribution is 5.77. The van der Waals surface area contributed by atoms with Crippen molar-refractivity contribution in [1.82, 2.24) is 4.90 Å². The van der Waals surface area contributed by atoms with E-state index in [1.54, 1.807) is 4.90 Å². The van der Waals surface area contributed by atoms with Crippen molar-refractivity contribution in [2.45, 2.75) is 58.4 Å². The number of quaternary nitrogens is 1. The number of nitrogens with one attached hydrogen (secondary N) is 1. The zero-order chi connectivity index (χ0) is 18.8. The van der Waals surface area contributed by atoms with Crippen LogP contribution in [0.3, 0.4) is 0 Å². The molecule has 3 fully saturated rings. The molecule has 2 saturated heterocycles. The Labute approximate surface area is 164 Å². The zero-order valence-electron chi connectivity index (χ0n) is 17.2. The van der Waals surface area contributed by atoms with Crippen molar-refractivity contribution in [2.75, 3.05) is 44.2 Å². The van der Waals surface area contributed by atoms with Gasteiger partial charge in [0.05, 0.1) is 12.6 Å². The maximum Gasteiger partial charge on any atom is 0.277 e. The van der Waals surface area contributed by atoms with Crippen LogP contribution in [0, 0.1) is 19.8 Å². The molecule has 2 heterocycles. The monoisotopic (exact) mass is 370 g/mol. The number of carbonyl (C=O) groups excluding carboxylic acids is 1. The van der Waals surface area contributed by atoms with E-state index >= 15 is 0 Å². The van der Waals surface area contributed by atoms with Gasteiger partial charge in [0, 0.05) is 37.8 Å². The molecule has 0 radical (unpaired) electrons. The molecule has 4 nitrogen and oxygen atoms in total. The second-order valence-electron chi connectivity index (χ2n) is 8.97. The number of anilines is 1. The molecule has 148 valence electrons. The summed E-state index contributed by atoms with van der Waals surface area (Å²) in [4.78, 5) is 19.2. The standard InChI is InChI=1S/C23H35N3O/c1-18-7-5-11-21(19(18)2)24-13-15-25(16-14-24)23(27)17-26-12-6-9-20-8-3-4-10-22(20)26/h5,7,11,20,22H,3-4,6,8-10,12-17H2,1-2H3/p+1/t20-,22+/m1/s1. The van der Waals surface area contributed by atoms with Gasteiger partial charge in [-0.2, -0.15) is 0 Å². The van der Waals surface area contributed by atoms with Crippen LogP contribution in [0.25, 0.3) is 0 Å². The first-order chi connectivity index (χ1) is 13.1. The van der Waals surface area contributed by atoms with Crippen LogP contribution in [0.15, 0.2) is 18.2 Å². The Balaban J connectivity index is 1.33. The van der Waals surface area contributed by atoms with Gasteiger partial charge in [0.2, 0.25) is 0 Å². The first-order valence-electron chi connectivity index (χ1n) is 11.1. The summed E-state index contributed by atoms with van der Waals surface area (Å²) in [6.45, 7) is 9.97. The third-order valence-electron chi connectivity index (χ3n) is 7.43. The van der Waals surface area contributed by atoms with Crippen LogP contribution in [0.1, 0.15) is 49.7 Å². The molecule has 4 heteroatoms. The summed E-state index contributed by atoms with van der Waals surface area (Å²) >= 11 is 0. The molecule has 4 rings (SSSR count). The summed E-state index contributed by atoms with van der Waals surface area (Å²) in [7, 11) is 0. The summed E-state index contributed by atoms with van der Waals surface area (Å²) in [5.74, 6) is 1.27. The lowest BCUT2D eigenvalue weighted by molar-refractivity contribution is -0.929. The first kappa shape index (κ1) is 18.8. The number of nitrogens with zero attached hydrogens (tertiary/aromatic N) is 2. The number of carbonyl (C=O) groups is 1. The summed E-state index contributed by atoms with van der Waals surface area (Å²) < 4.78 is 0. The zero-order valence-corrected chi connectivity index (χ0v) is 17.2. The minimum absolute atomic E-state index is 0.386. The predicted molar refractivity (Wildman–Crippen MR) is 110 cm³/mol. The molecule has 1 aromatic rings. The molecule has 3 atom stereocenters. The van der Waals surface area contributed by atoms with Crippen molar-refractivity contribution in [3.8, 4) is 0 Å². The fourth-order valence-electron chi connectivity index (χ4n) is 5.67. The number of hydrogen-bond donors (Lipinski definition) is 1. The minimum Gasteiger partial charge on any atom is -0.368 e. The van der Waals surface area contributed by atoms with Crippen molar-refractivity contribution in [1.29, 1.82) is 0 Å². The van der Waals surface area contributed by atoms with Crippen LogP contribution in [-0.2, 0) is 4.79 Å². The number of aryl methyl sites for hydroxylation is 1. The van der Waals surface area contributed by atoms with Gasteiger partial charge in [-0.15, -0.1) is 0 Å². The number of piperazine rings is 1. The van der Waals surface area contributed by atoms with Crippen molar-refractivity contribution >= 4 is 11.6 Å². The highest BCUT2D eigenvalue weighted by atomic mass is 16.2. The summed E-state index contributed by atoms with van der Waals surface area (Å²) in [5, 5.41) is 0. The van der Waals surface area contributed by atoms with Gasteiger partial charge in [-0.1, -0.05) is 18.6 Å². The number of rotatable bonds is 3. The number of benzene rings is 1. The fraction of sp³-hybridized carbons (Fsp3) is 0.696. The van der Waals surface area contributed by atoms with Crippen molar-refractivity contribution < 1.29 is 9.69 Å². The molecule has 2 aliphatic heterocycles. The van der Waals surface area contributed by atoms with E-state index in [0.29, 0.717) is 5.91 Å². The first-order valence-corrected chi connectivity index (χ1v) is 11.1. The van der Waals surface area contributed by atoms with Gasteiger partial charge in [0.25, 0.3) is 5.91 Å². The Hall–Kier alpha value is -1.55. The molecule has 0 aromatic heterocycles. The van der Waals surface area contributed by atoms with Crippen molar-refractivity contribution in [3.63, 3.8) is 0 Å². The Morgan fingerprint density at radius 3 is 2.59 bits per heavy atom. The number of piperidine rings is 1. The van der Waals surface area contributed by atoms with E-state index in [-0.39, 0.29) is 0 Å². The van der Waals surface area contributed by atoms with Crippen LogP contribution in [-0.4, -0.2) is 56.1 Å². The van der Waals surface area contributed by atoms with Crippen LogP contribution in [0.4, 0.5) is 5.69 Å². The van der Waals surface area contributed by atoms with E-state index in [9.17, 15) is 4.79 Å². The lowest BCUT2D eigenvalue weighted by Crippen LogP contribution is -3.18. The molecule has 1 aliphatic carbocycles. The molecule has 1 unspecified atom stereocenters. The second-order valence-corrected chi connectivity index (χ2v) is 8.97. The van der Waals surface area contributed by atoms with Gasteiger partial charge in [-0.3, -0.25) is 4.79 Å². The van der Waals surface area contributed by atoms with E-state index in [1.165, 1.54) is 61.9 Å². The molecule has 1 saturated carbocycles. The summed E-state index contributed by atoms with van der Waals surface area (Å²) in [5.41, 5.74) is 4.06. The Morgan fingerprint density at radius 2 is 1.78 bits per heavy atom. The molecular weight excluding hydrogens is 334 g/mol. The fourth-order valence-corrected chi connectivity index (χ4v) is 5.67. The molecule has 1 amide bonds. The molecule has 1 N–H and O–H groups in total. The van der Waals surface area contributed by atoms with Gasteiger partial charge in [-0.25, -0.2) is 0 Å². The quantitative estimate of drug-likeness (QED) is 0.883. The van der Waals surface area contributed by atoms with E-state index in [2.05, 4.69) is 41.8 Å². The van der Waals surface area contributed by atoms with E-state index in [0.717, 1.165) is 44.7 Å². The van der Waals surface area contributed by atoms with Gasteiger partial charge < -0.3 is 14.7 Å². The summed E-state index contributed by atoms with van der Waals surface area (Å²) in [6.07, 6.45) is 8.22. The predicted octanol–water partition coefficient (Wildman–Crippen LogP) is 2.19. The van der Waals surface area contributed by atoms with E-state index < -0.39 is 0 Å². The number of hydrogen-bond acceptors (Lipinski definition) is 2. The average molecular weight is 371 g/mol. The van der Waals surface area contributed by atoms with Gasteiger partial charge in [0.1, 0.15) is 0 Å². The van der Waals surface area contributed by atoms with Gasteiger partial charge >= 0.3 is 0 Å². The maximum absolute atomic E-state index is 13.0. The van der Waals surface area contributed by atoms with Crippen LogP contribution >= 0.6 is 0 Å². The lowest BCUT2D eigenvalue weighted by Gasteiger charge is -2.42. The Bertz CT molecular complexity index is 664. The average Bonchev–Trinajstić information content (AvgIpc) is 2.70. The Kier molecular flexibility index (Phi) is 5.72. The number of fused-ring (bicyclic) bond motifs is 1.